The molecule has 1 aliphatic heterocycles. The molecule has 1 aromatic heterocycles. The van der Waals surface area contributed by atoms with Crippen molar-refractivity contribution in [1.82, 2.24) is 19.6 Å². The van der Waals surface area contributed by atoms with Crippen LogP contribution < -0.4 is 0 Å². The van der Waals surface area contributed by atoms with Gasteiger partial charge in [0.2, 0.25) is 0 Å². The van der Waals surface area contributed by atoms with Crippen molar-refractivity contribution in [2.45, 2.75) is 25.6 Å². The molecule has 2 rings (SSSR count). The molecule has 0 aliphatic carbocycles. The van der Waals surface area contributed by atoms with E-state index in [0.29, 0.717) is 0 Å². The van der Waals surface area contributed by atoms with E-state index in [2.05, 4.69) is 44.9 Å². The van der Waals surface area contributed by atoms with Gasteiger partial charge >= 0.3 is 0 Å². The average molecular weight is 317 g/mol. The Morgan fingerprint density at radius 1 is 1.50 bits per heavy atom. The molecule has 6 heteroatoms. The lowest BCUT2D eigenvalue weighted by Gasteiger charge is -2.40. The second kappa shape index (κ2) is 5.69. The first kappa shape index (κ1) is 14.0. The molecule has 0 bridgehead atoms. The summed E-state index contributed by atoms with van der Waals surface area (Å²) in [6.45, 7) is 5.71. The van der Waals surface area contributed by atoms with Crippen LogP contribution in [0.3, 0.4) is 0 Å². The van der Waals surface area contributed by atoms with Gasteiger partial charge in [-0.2, -0.15) is 5.10 Å². The van der Waals surface area contributed by atoms with Crippen LogP contribution in [0.5, 0.6) is 0 Å². The number of hydrogen-bond acceptors (Lipinski definition) is 4. The fourth-order valence-electron chi connectivity index (χ4n) is 2.49. The number of piperazine rings is 1. The van der Waals surface area contributed by atoms with Gasteiger partial charge in [0.15, 0.2) is 0 Å². The number of aliphatic hydroxyl groups excluding tert-OH is 1. The molecule has 0 amide bonds. The molecule has 0 aromatic carbocycles. The first-order chi connectivity index (χ1) is 8.54. The Labute approximate surface area is 116 Å². The van der Waals surface area contributed by atoms with E-state index in [-0.39, 0.29) is 6.04 Å². The third-order valence-electron chi connectivity index (χ3n) is 3.68. The third-order valence-corrected chi connectivity index (χ3v) is 4.29. The molecular weight excluding hydrogens is 296 g/mol. The van der Waals surface area contributed by atoms with Gasteiger partial charge in [-0.1, -0.05) is 0 Å². The van der Waals surface area contributed by atoms with Crippen LogP contribution in [0.4, 0.5) is 0 Å². The summed E-state index contributed by atoms with van der Waals surface area (Å²) in [6.07, 6.45) is 1.24. The van der Waals surface area contributed by atoms with Gasteiger partial charge < -0.3 is 10.0 Å². The molecule has 1 aromatic rings. The van der Waals surface area contributed by atoms with Crippen molar-refractivity contribution in [1.29, 1.82) is 0 Å². The number of hydrogen-bond donors (Lipinski definition) is 1. The van der Waals surface area contributed by atoms with E-state index in [9.17, 15) is 5.11 Å². The maximum Gasteiger partial charge on any atom is 0.113 e. The van der Waals surface area contributed by atoms with Crippen LogP contribution in [0.2, 0.25) is 0 Å². The SMILES string of the molecule is CCn1ncc(Br)c1C(O)C1CN(C)CCN1C. The lowest BCUT2D eigenvalue weighted by molar-refractivity contribution is 0.00921. The Morgan fingerprint density at radius 3 is 2.89 bits per heavy atom. The summed E-state index contributed by atoms with van der Waals surface area (Å²) in [6, 6.07) is 0.113. The number of nitrogens with zero attached hydrogens (tertiary/aromatic N) is 4. The number of halogens is 1. The van der Waals surface area contributed by atoms with Gasteiger partial charge in [-0.15, -0.1) is 0 Å². The first-order valence-corrected chi connectivity index (χ1v) is 7.12. The van der Waals surface area contributed by atoms with Crippen LogP contribution in [0.1, 0.15) is 18.7 Å². The van der Waals surface area contributed by atoms with Gasteiger partial charge in [0.25, 0.3) is 0 Å². The zero-order valence-corrected chi connectivity index (χ0v) is 12.8. The summed E-state index contributed by atoms with van der Waals surface area (Å²) in [4.78, 5) is 4.48. The fourth-order valence-corrected chi connectivity index (χ4v) is 3.02. The van der Waals surface area contributed by atoms with Crippen LogP contribution in [0.25, 0.3) is 0 Å². The normalized spacial score (nSPS) is 24.4. The van der Waals surface area contributed by atoms with E-state index in [1.807, 2.05) is 11.6 Å². The zero-order valence-electron chi connectivity index (χ0n) is 11.2. The molecular formula is C12H21BrN4O. The Kier molecular flexibility index (Phi) is 4.42. The maximum atomic E-state index is 10.7. The summed E-state index contributed by atoms with van der Waals surface area (Å²) in [5.41, 5.74) is 0.879. The van der Waals surface area contributed by atoms with Gasteiger partial charge in [-0.05, 0) is 36.9 Å². The number of aromatic nitrogens is 2. The highest BCUT2D eigenvalue weighted by molar-refractivity contribution is 9.10. The van der Waals surface area contributed by atoms with Crippen molar-refractivity contribution in [3.63, 3.8) is 0 Å². The molecule has 1 N–H and O–H groups in total. The molecule has 0 spiro atoms. The Morgan fingerprint density at radius 2 is 2.22 bits per heavy atom. The van der Waals surface area contributed by atoms with E-state index in [4.69, 9.17) is 0 Å². The minimum Gasteiger partial charge on any atom is -0.385 e. The molecule has 1 aliphatic rings. The number of aryl methyl sites for hydroxylation is 1. The van der Waals surface area contributed by atoms with Crippen molar-refractivity contribution >= 4 is 15.9 Å². The first-order valence-electron chi connectivity index (χ1n) is 6.32. The molecule has 0 saturated carbocycles. The monoisotopic (exact) mass is 316 g/mol. The van der Waals surface area contributed by atoms with E-state index < -0.39 is 6.10 Å². The molecule has 2 heterocycles. The molecule has 1 fully saturated rings. The number of likely N-dealkylation sites (N-methyl/N-ethyl adjacent to an activating group) is 2. The summed E-state index contributed by atoms with van der Waals surface area (Å²) >= 11 is 3.48. The smallest absolute Gasteiger partial charge is 0.113 e. The van der Waals surface area contributed by atoms with Gasteiger partial charge in [-0.25, -0.2) is 0 Å². The number of aliphatic hydroxyl groups is 1. The van der Waals surface area contributed by atoms with E-state index in [1.165, 1.54) is 0 Å². The van der Waals surface area contributed by atoms with Crippen LogP contribution in [0.15, 0.2) is 10.7 Å². The lowest BCUT2D eigenvalue weighted by atomic mass is 10.0. The topological polar surface area (TPSA) is 44.5 Å². The molecule has 18 heavy (non-hydrogen) atoms. The third kappa shape index (κ3) is 2.61. The Bertz CT molecular complexity index is 409. The van der Waals surface area contributed by atoms with Gasteiger partial charge in [0.1, 0.15) is 6.10 Å². The van der Waals surface area contributed by atoms with E-state index in [1.54, 1.807) is 6.20 Å². The lowest BCUT2D eigenvalue weighted by Crippen LogP contribution is -2.52. The Balaban J connectivity index is 2.23. The highest BCUT2D eigenvalue weighted by atomic mass is 79.9. The number of rotatable bonds is 3. The highest BCUT2D eigenvalue weighted by Crippen LogP contribution is 2.28. The standard InChI is InChI=1S/C12H21BrN4O/c1-4-17-11(9(13)7-14-17)12(18)10-8-15(2)5-6-16(10)3/h7,10,12,18H,4-6,8H2,1-3H3. The van der Waals surface area contributed by atoms with Gasteiger partial charge in [-0.3, -0.25) is 9.58 Å². The minimum absolute atomic E-state index is 0.113. The highest BCUT2D eigenvalue weighted by Gasteiger charge is 2.32. The summed E-state index contributed by atoms with van der Waals surface area (Å²) in [7, 11) is 4.17. The van der Waals surface area contributed by atoms with E-state index >= 15 is 0 Å². The minimum atomic E-state index is -0.519. The van der Waals surface area contributed by atoms with Gasteiger partial charge in [0.05, 0.1) is 22.4 Å². The molecule has 2 unspecified atom stereocenters. The molecule has 5 nitrogen and oxygen atoms in total. The molecule has 2 atom stereocenters. The quantitative estimate of drug-likeness (QED) is 0.901. The molecule has 0 radical (unpaired) electrons. The largest absolute Gasteiger partial charge is 0.385 e. The van der Waals surface area contributed by atoms with Crippen molar-refractivity contribution in [2.75, 3.05) is 33.7 Å². The Hall–Kier alpha value is -0.430. The van der Waals surface area contributed by atoms with Crippen molar-refractivity contribution in [2.24, 2.45) is 0 Å². The molecule has 102 valence electrons. The van der Waals surface area contributed by atoms with Crippen molar-refractivity contribution in [3.8, 4) is 0 Å². The van der Waals surface area contributed by atoms with Gasteiger partial charge in [0, 0.05) is 26.2 Å². The predicted octanol–water partition coefficient (Wildman–Crippen LogP) is 0.945. The van der Waals surface area contributed by atoms with Crippen molar-refractivity contribution < 1.29 is 5.11 Å². The molecule has 1 saturated heterocycles. The van der Waals surface area contributed by atoms with Crippen LogP contribution in [-0.4, -0.2) is 64.5 Å². The second-order valence-corrected chi connectivity index (χ2v) is 5.80. The van der Waals surface area contributed by atoms with Crippen LogP contribution in [0, 0.1) is 0 Å². The zero-order chi connectivity index (χ0) is 13.3. The summed E-state index contributed by atoms with van der Waals surface area (Å²) in [5, 5.41) is 14.9. The second-order valence-electron chi connectivity index (χ2n) is 4.95. The maximum absolute atomic E-state index is 10.7. The fraction of sp³-hybridized carbons (Fsp3) is 0.750. The summed E-state index contributed by atoms with van der Waals surface area (Å²) in [5.74, 6) is 0. The van der Waals surface area contributed by atoms with E-state index in [0.717, 1.165) is 36.3 Å². The predicted molar refractivity (Wildman–Crippen MR) is 74.5 cm³/mol. The van der Waals surface area contributed by atoms with Crippen molar-refractivity contribution in [3.05, 3.63) is 16.4 Å². The summed E-state index contributed by atoms with van der Waals surface area (Å²) < 4.78 is 2.75. The van der Waals surface area contributed by atoms with Crippen LogP contribution >= 0.6 is 15.9 Å². The average Bonchev–Trinajstić information content (AvgIpc) is 2.72. The van der Waals surface area contributed by atoms with Crippen LogP contribution in [-0.2, 0) is 6.54 Å².